The quantitative estimate of drug-likeness (QED) is 0.621. The highest BCUT2D eigenvalue weighted by Crippen LogP contribution is 2.34. The highest BCUT2D eigenvalue weighted by atomic mass is 32.2. The Morgan fingerprint density at radius 1 is 0.926 bits per heavy atom. The summed E-state index contributed by atoms with van der Waals surface area (Å²) in [5.74, 6) is -1.88. The van der Waals surface area contributed by atoms with E-state index in [4.69, 9.17) is 0 Å². The first-order valence-electron chi connectivity index (χ1n) is 9.37. The molecule has 2 aromatic carbocycles. The molecule has 0 spiro atoms. The van der Waals surface area contributed by atoms with Crippen molar-refractivity contribution in [1.82, 2.24) is 0 Å². The van der Waals surface area contributed by atoms with Crippen LogP contribution < -0.4 is 0 Å². The van der Waals surface area contributed by atoms with Gasteiger partial charge in [-0.05, 0) is 38.0 Å². The molecule has 2 unspecified atom stereocenters. The Hall–Kier alpha value is -2.14. The number of rotatable bonds is 9. The molecule has 2 rings (SSSR count). The molecule has 0 aromatic heterocycles. The van der Waals surface area contributed by atoms with Crippen molar-refractivity contribution in [3.63, 3.8) is 0 Å². The lowest BCUT2D eigenvalue weighted by Gasteiger charge is -2.25. The third-order valence-corrected chi connectivity index (χ3v) is 7.04. The molecule has 0 saturated carbocycles. The predicted octanol–water partition coefficient (Wildman–Crippen LogP) is 4.89. The smallest absolute Gasteiger partial charge is 0.322 e. The van der Waals surface area contributed by atoms with Crippen LogP contribution in [0.1, 0.15) is 55.2 Å². The fourth-order valence-corrected chi connectivity index (χ4v) is 5.12. The molecule has 0 aliphatic heterocycles. The molecule has 0 radical (unpaired) electrons. The number of unbranched alkanes of at least 4 members (excludes halogenated alkanes) is 2. The first-order chi connectivity index (χ1) is 12.8. The average molecular weight is 389 g/mol. The van der Waals surface area contributed by atoms with Crippen LogP contribution in [0.3, 0.4) is 0 Å². The Labute approximate surface area is 162 Å². The Morgan fingerprint density at radius 2 is 1.44 bits per heavy atom. The Kier molecular flexibility index (Phi) is 7.19. The zero-order valence-electron chi connectivity index (χ0n) is 16.2. The van der Waals surface area contributed by atoms with Crippen molar-refractivity contribution in [3.8, 4) is 0 Å². The molecule has 146 valence electrons. The lowest BCUT2D eigenvalue weighted by molar-refractivity contribution is -0.137. The molecule has 0 saturated heterocycles. The predicted molar refractivity (Wildman–Crippen MR) is 108 cm³/mol. The van der Waals surface area contributed by atoms with Crippen LogP contribution in [-0.2, 0) is 14.6 Å². The third-order valence-electron chi connectivity index (χ3n) is 4.92. The summed E-state index contributed by atoms with van der Waals surface area (Å²) in [7, 11) is -4.01. The van der Waals surface area contributed by atoms with Crippen LogP contribution in [0.2, 0.25) is 0 Å². The van der Waals surface area contributed by atoms with Crippen molar-refractivity contribution < 1.29 is 18.3 Å². The monoisotopic (exact) mass is 388 g/mol. The zero-order chi connectivity index (χ0) is 20.0. The minimum Gasteiger partial charge on any atom is -0.480 e. The number of benzene rings is 2. The van der Waals surface area contributed by atoms with E-state index in [1.54, 1.807) is 12.1 Å². The summed E-state index contributed by atoms with van der Waals surface area (Å²) in [6.45, 7) is 5.89. The number of sulfone groups is 1. The molecule has 0 bridgehead atoms. The number of carboxylic acids is 1. The summed E-state index contributed by atoms with van der Waals surface area (Å²) >= 11 is 0. The zero-order valence-corrected chi connectivity index (χ0v) is 17.0. The van der Waals surface area contributed by atoms with Crippen molar-refractivity contribution in [3.05, 3.63) is 65.2 Å². The maximum Gasteiger partial charge on any atom is 0.322 e. The topological polar surface area (TPSA) is 71.4 Å². The molecule has 27 heavy (non-hydrogen) atoms. The molecule has 4 nitrogen and oxygen atoms in total. The number of carboxylic acid groups (broad SMARTS) is 1. The van der Waals surface area contributed by atoms with Gasteiger partial charge in [0.15, 0.2) is 15.1 Å². The van der Waals surface area contributed by atoms with E-state index in [0.29, 0.717) is 6.42 Å². The van der Waals surface area contributed by atoms with E-state index in [2.05, 4.69) is 6.92 Å². The largest absolute Gasteiger partial charge is 0.480 e. The van der Waals surface area contributed by atoms with Gasteiger partial charge >= 0.3 is 5.97 Å². The minimum absolute atomic E-state index is 0.0631. The van der Waals surface area contributed by atoms with E-state index >= 15 is 0 Å². The molecule has 2 atom stereocenters. The summed E-state index contributed by atoms with van der Waals surface area (Å²) in [6, 6.07) is 13.9. The molecule has 0 heterocycles. The average Bonchev–Trinajstić information content (AvgIpc) is 2.61. The van der Waals surface area contributed by atoms with Crippen LogP contribution in [0, 0.1) is 13.8 Å². The van der Waals surface area contributed by atoms with Crippen LogP contribution >= 0.6 is 0 Å². The molecule has 2 aromatic rings. The fraction of sp³-hybridized carbons (Fsp3) is 0.409. The maximum absolute atomic E-state index is 13.2. The molecule has 0 aliphatic rings. The highest BCUT2D eigenvalue weighted by Gasteiger charge is 2.41. The van der Waals surface area contributed by atoms with Gasteiger partial charge in [0.05, 0.1) is 4.90 Å². The van der Waals surface area contributed by atoms with Gasteiger partial charge < -0.3 is 5.11 Å². The molecule has 1 N–H and O–H groups in total. The van der Waals surface area contributed by atoms with Crippen LogP contribution in [0.4, 0.5) is 0 Å². The number of hydrogen-bond acceptors (Lipinski definition) is 3. The number of hydrogen-bond donors (Lipinski definition) is 1. The van der Waals surface area contributed by atoms with E-state index in [-0.39, 0.29) is 4.90 Å². The lowest BCUT2D eigenvalue weighted by Crippen LogP contribution is -2.36. The van der Waals surface area contributed by atoms with Gasteiger partial charge in [-0.25, -0.2) is 8.42 Å². The maximum atomic E-state index is 13.2. The number of aryl methyl sites for hydroxylation is 2. The van der Waals surface area contributed by atoms with Gasteiger partial charge in [0.1, 0.15) is 0 Å². The van der Waals surface area contributed by atoms with Crippen molar-refractivity contribution in [2.75, 3.05) is 0 Å². The molecular formula is C22H28O4S. The van der Waals surface area contributed by atoms with Crippen molar-refractivity contribution in [2.45, 2.75) is 62.5 Å². The van der Waals surface area contributed by atoms with Crippen molar-refractivity contribution >= 4 is 15.8 Å². The van der Waals surface area contributed by atoms with Crippen LogP contribution in [-0.4, -0.2) is 24.7 Å². The second-order valence-electron chi connectivity index (χ2n) is 7.13. The Bertz CT molecular complexity index is 852. The molecule has 5 heteroatoms. The van der Waals surface area contributed by atoms with Gasteiger partial charge in [0.2, 0.25) is 0 Å². The van der Waals surface area contributed by atoms with Gasteiger partial charge in [-0.15, -0.1) is 0 Å². The van der Waals surface area contributed by atoms with E-state index in [1.165, 1.54) is 12.1 Å². The van der Waals surface area contributed by atoms with Gasteiger partial charge in [-0.1, -0.05) is 73.7 Å². The summed E-state index contributed by atoms with van der Waals surface area (Å²) in [5.41, 5.74) is 2.75. The van der Waals surface area contributed by atoms with Gasteiger partial charge in [0, 0.05) is 5.92 Å². The van der Waals surface area contributed by atoms with Gasteiger partial charge in [-0.3, -0.25) is 4.79 Å². The summed E-state index contributed by atoms with van der Waals surface area (Å²) in [4.78, 5) is 12.2. The Balaban J connectivity index is 2.50. The number of carbonyl (C=O) groups is 1. The molecular weight excluding hydrogens is 360 g/mol. The van der Waals surface area contributed by atoms with Crippen molar-refractivity contribution in [2.24, 2.45) is 0 Å². The third kappa shape index (κ3) is 5.19. The Morgan fingerprint density at radius 3 is 1.93 bits per heavy atom. The first-order valence-corrected chi connectivity index (χ1v) is 10.9. The van der Waals surface area contributed by atoms with E-state index in [0.717, 1.165) is 36.0 Å². The molecule has 0 amide bonds. The lowest BCUT2D eigenvalue weighted by atomic mass is 9.89. The molecule has 0 aliphatic carbocycles. The summed E-state index contributed by atoms with van der Waals surface area (Å²) in [5, 5.41) is 8.39. The standard InChI is InChI=1S/C22H28O4S/c1-4-5-6-7-20(18-12-8-16(2)9-13-18)21(22(23)24)27(25,26)19-14-10-17(3)11-15-19/h8-15,20-21H,4-7H2,1-3H3,(H,23,24). The minimum atomic E-state index is -4.01. The summed E-state index contributed by atoms with van der Waals surface area (Å²) in [6.07, 6.45) is 3.25. The van der Waals surface area contributed by atoms with Gasteiger partial charge in [0.25, 0.3) is 0 Å². The van der Waals surface area contributed by atoms with Gasteiger partial charge in [-0.2, -0.15) is 0 Å². The van der Waals surface area contributed by atoms with Crippen LogP contribution in [0.5, 0.6) is 0 Å². The van der Waals surface area contributed by atoms with E-state index < -0.39 is 27.0 Å². The van der Waals surface area contributed by atoms with E-state index in [9.17, 15) is 18.3 Å². The SMILES string of the molecule is CCCCCC(c1ccc(C)cc1)C(C(=O)O)S(=O)(=O)c1ccc(C)cc1. The second kappa shape index (κ2) is 9.18. The van der Waals surface area contributed by atoms with E-state index in [1.807, 2.05) is 38.1 Å². The number of aliphatic carboxylic acids is 1. The normalized spacial score (nSPS) is 13.9. The van der Waals surface area contributed by atoms with Crippen LogP contribution in [0.15, 0.2) is 53.4 Å². The summed E-state index contributed by atoms with van der Waals surface area (Å²) < 4.78 is 26.4. The molecule has 0 fully saturated rings. The fourth-order valence-electron chi connectivity index (χ4n) is 3.32. The van der Waals surface area contributed by atoms with Crippen LogP contribution in [0.25, 0.3) is 0 Å². The first kappa shape index (κ1) is 21.2. The highest BCUT2D eigenvalue weighted by molar-refractivity contribution is 7.92. The van der Waals surface area contributed by atoms with Crippen molar-refractivity contribution in [1.29, 1.82) is 0 Å². The second-order valence-corrected chi connectivity index (χ2v) is 9.20.